The van der Waals surface area contributed by atoms with Gasteiger partial charge in [0.25, 0.3) is 0 Å². The number of thioether (sulfide) groups is 1. The van der Waals surface area contributed by atoms with Crippen LogP contribution in [-0.4, -0.2) is 83.3 Å². The molecule has 0 bridgehead atoms. The number of nitrogens with one attached hydrogen (secondary N) is 1. The van der Waals surface area contributed by atoms with E-state index in [0.29, 0.717) is 5.75 Å². The standard InChI is InChI=1S/C16H31N2O9PS/c1-11(7-25-5-4-6-28(22,23)24)18-16(21)15(17)10-29-9-14(27-13(3)20)8-26-12(2)19/h11,14-15H,4-10,17H2,1-3H3,(H,18,21)(H2,22,23,24). The van der Waals surface area contributed by atoms with E-state index in [2.05, 4.69) is 5.32 Å². The molecule has 11 nitrogen and oxygen atoms in total. The van der Waals surface area contributed by atoms with Crippen LogP contribution in [0.2, 0.25) is 0 Å². The first-order valence-electron chi connectivity index (χ1n) is 8.97. The fourth-order valence-electron chi connectivity index (χ4n) is 1.99. The summed E-state index contributed by atoms with van der Waals surface area (Å²) in [5, 5.41) is 2.69. The number of hydrogen-bond donors (Lipinski definition) is 4. The molecule has 0 saturated carbocycles. The van der Waals surface area contributed by atoms with Crippen LogP contribution in [0.3, 0.4) is 0 Å². The Bertz CT molecular complexity index is 573. The van der Waals surface area contributed by atoms with Crippen molar-refractivity contribution in [3.63, 3.8) is 0 Å². The van der Waals surface area contributed by atoms with Crippen molar-refractivity contribution in [3.8, 4) is 0 Å². The average Bonchev–Trinajstić information content (AvgIpc) is 2.57. The summed E-state index contributed by atoms with van der Waals surface area (Å²) >= 11 is 1.29. The monoisotopic (exact) mass is 458 g/mol. The van der Waals surface area contributed by atoms with Gasteiger partial charge >= 0.3 is 19.5 Å². The highest BCUT2D eigenvalue weighted by atomic mass is 32.2. The molecule has 0 fully saturated rings. The van der Waals surface area contributed by atoms with E-state index in [9.17, 15) is 18.9 Å². The summed E-state index contributed by atoms with van der Waals surface area (Å²) < 4.78 is 25.9. The zero-order valence-corrected chi connectivity index (χ0v) is 18.6. The number of rotatable bonds is 15. The molecule has 0 saturated heterocycles. The number of esters is 2. The lowest BCUT2D eigenvalue weighted by molar-refractivity contribution is -0.154. The lowest BCUT2D eigenvalue weighted by Gasteiger charge is -2.19. The molecule has 0 rings (SSSR count). The van der Waals surface area contributed by atoms with E-state index in [1.165, 1.54) is 25.6 Å². The molecule has 29 heavy (non-hydrogen) atoms. The van der Waals surface area contributed by atoms with Crippen LogP contribution < -0.4 is 11.1 Å². The van der Waals surface area contributed by atoms with Crippen LogP contribution in [0.1, 0.15) is 27.2 Å². The molecule has 170 valence electrons. The third-order valence-electron chi connectivity index (χ3n) is 3.24. The Morgan fingerprint density at radius 3 is 2.34 bits per heavy atom. The first-order chi connectivity index (χ1) is 13.4. The highest BCUT2D eigenvalue weighted by Gasteiger charge is 2.19. The van der Waals surface area contributed by atoms with Crippen molar-refractivity contribution in [3.05, 3.63) is 0 Å². The molecule has 1 amide bonds. The van der Waals surface area contributed by atoms with Gasteiger partial charge in [-0.3, -0.25) is 18.9 Å². The van der Waals surface area contributed by atoms with Gasteiger partial charge in [0.2, 0.25) is 5.91 Å². The van der Waals surface area contributed by atoms with E-state index in [-0.39, 0.29) is 50.1 Å². The molecule has 0 aromatic rings. The average molecular weight is 458 g/mol. The summed E-state index contributed by atoms with van der Waals surface area (Å²) in [7, 11) is -4.02. The number of hydrogen-bond acceptors (Lipinski definition) is 9. The topological polar surface area (TPSA) is 174 Å². The molecule has 3 unspecified atom stereocenters. The Morgan fingerprint density at radius 2 is 1.79 bits per heavy atom. The summed E-state index contributed by atoms with van der Waals surface area (Å²) in [5.74, 6) is -0.792. The van der Waals surface area contributed by atoms with Crippen LogP contribution >= 0.6 is 19.4 Å². The largest absolute Gasteiger partial charge is 0.462 e. The van der Waals surface area contributed by atoms with Crippen molar-refractivity contribution in [2.75, 3.05) is 37.5 Å². The van der Waals surface area contributed by atoms with E-state index in [4.69, 9.17) is 29.7 Å². The third kappa shape index (κ3) is 17.4. The quantitative estimate of drug-likeness (QED) is 0.143. The van der Waals surface area contributed by atoms with Gasteiger partial charge in [0.05, 0.1) is 18.8 Å². The molecule has 0 aliphatic carbocycles. The SMILES string of the molecule is CC(=O)OCC(CSCC(N)C(=O)NC(C)COCCCP(=O)(O)O)OC(C)=O. The molecular weight excluding hydrogens is 427 g/mol. The van der Waals surface area contributed by atoms with Crippen molar-refractivity contribution >= 4 is 37.2 Å². The Balaban J connectivity index is 4.10. The number of amides is 1. The molecule has 3 atom stereocenters. The minimum atomic E-state index is -4.02. The summed E-state index contributed by atoms with van der Waals surface area (Å²) in [6.07, 6.45) is -0.656. The Kier molecular flexibility index (Phi) is 14.2. The van der Waals surface area contributed by atoms with Crippen molar-refractivity contribution in [2.24, 2.45) is 5.73 Å². The molecule has 0 radical (unpaired) electrons. The van der Waals surface area contributed by atoms with Crippen LogP contribution in [0.5, 0.6) is 0 Å². The molecule has 5 N–H and O–H groups in total. The summed E-state index contributed by atoms with van der Waals surface area (Å²) in [5.41, 5.74) is 5.85. The van der Waals surface area contributed by atoms with Gasteiger partial charge in [-0.15, -0.1) is 0 Å². The first kappa shape index (κ1) is 27.8. The summed E-state index contributed by atoms with van der Waals surface area (Å²) in [6.45, 7) is 4.51. The Labute approximate surface area is 174 Å². The molecular formula is C16H31N2O9PS. The molecule has 0 aromatic heterocycles. The van der Waals surface area contributed by atoms with E-state index in [0.717, 1.165) is 0 Å². The molecule has 0 aliphatic heterocycles. The maximum atomic E-state index is 12.1. The second-order valence-electron chi connectivity index (χ2n) is 6.40. The van der Waals surface area contributed by atoms with Crippen molar-refractivity contribution in [2.45, 2.75) is 45.4 Å². The van der Waals surface area contributed by atoms with Crippen molar-refractivity contribution in [1.82, 2.24) is 5.32 Å². The molecule has 13 heteroatoms. The summed E-state index contributed by atoms with van der Waals surface area (Å²) in [6, 6.07) is -1.13. The molecule has 0 aromatic carbocycles. The summed E-state index contributed by atoms with van der Waals surface area (Å²) in [4.78, 5) is 51.5. The van der Waals surface area contributed by atoms with Crippen molar-refractivity contribution in [1.29, 1.82) is 0 Å². The van der Waals surface area contributed by atoms with Crippen LogP contribution in [0, 0.1) is 0 Å². The van der Waals surface area contributed by atoms with Crippen LogP contribution in [0.25, 0.3) is 0 Å². The normalized spacial score (nSPS) is 14.6. The predicted molar refractivity (Wildman–Crippen MR) is 107 cm³/mol. The lowest BCUT2D eigenvalue weighted by Crippen LogP contribution is -2.47. The van der Waals surface area contributed by atoms with Crippen LogP contribution in [0.15, 0.2) is 0 Å². The highest BCUT2D eigenvalue weighted by Crippen LogP contribution is 2.34. The smallest absolute Gasteiger partial charge is 0.325 e. The van der Waals surface area contributed by atoms with Gasteiger partial charge in [-0.25, -0.2) is 0 Å². The van der Waals surface area contributed by atoms with Gasteiger partial charge in [0.1, 0.15) is 12.7 Å². The Morgan fingerprint density at radius 1 is 1.14 bits per heavy atom. The third-order valence-corrected chi connectivity index (χ3v) is 5.34. The van der Waals surface area contributed by atoms with E-state index in [1.54, 1.807) is 6.92 Å². The van der Waals surface area contributed by atoms with Gasteiger partial charge < -0.3 is 35.0 Å². The number of carbonyl (C=O) groups excluding carboxylic acids is 3. The van der Waals surface area contributed by atoms with Crippen LogP contribution in [0.4, 0.5) is 0 Å². The zero-order chi connectivity index (χ0) is 22.4. The maximum absolute atomic E-state index is 12.1. The first-order valence-corrected chi connectivity index (χ1v) is 11.9. The minimum Gasteiger partial charge on any atom is -0.462 e. The van der Waals surface area contributed by atoms with Gasteiger partial charge in [-0.05, 0) is 13.3 Å². The highest BCUT2D eigenvalue weighted by molar-refractivity contribution is 7.99. The lowest BCUT2D eigenvalue weighted by atomic mass is 10.3. The number of carbonyl (C=O) groups is 3. The second kappa shape index (κ2) is 14.8. The van der Waals surface area contributed by atoms with Crippen molar-refractivity contribution < 1.29 is 42.9 Å². The second-order valence-corrected chi connectivity index (χ2v) is 9.26. The Hall–Kier alpha value is -1.17. The van der Waals surface area contributed by atoms with Gasteiger partial charge in [-0.2, -0.15) is 11.8 Å². The van der Waals surface area contributed by atoms with E-state index in [1.807, 2.05) is 0 Å². The van der Waals surface area contributed by atoms with E-state index < -0.39 is 31.7 Å². The minimum absolute atomic E-state index is 0.0697. The number of nitrogens with two attached hydrogens (primary N) is 1. The van der Waals surface area contributed by atoms with Gasteiger partial charge in [0.15, 0.2) is 0 Å². The maximum Gasteiger partial charge on any atom is 0.325 e. The van der Waals surface area contributed by atoms with Gasteiger partial charge in [-0.1, -0.05) is 0 Å². The molecule has 0 aliphatic rings. The fraction of sp³-hybridized carbons (Fsp3) is 0.812. The zero-order valence-electron chi connectivity index (χ0n) is 16.9. The van der Waals surface area contributed by atoms with Gasteiger partial charge in [0, 0.05) is 38.0 Å². The van der Waals surface area contributed by atoms with E-state index >= 15 is 0 Å². The predicted octanol–water partition coefficient (Wildman–Crippen LogP) is -0.369. The molecule has 0 heterocycles. The fourth-order valence-corrected chi connectivity index (χ4v) is 3.50. The number of ether oxygens (including phenoxy) is 3. The van der Waals surface area contributed by atoms with Crippen LogP contribution in [-0.2, 0) is 33.2 Å². The molecule has 0 spiro atoms.